The van der Waals surface area contributed by atoms with Gasteiger partial charge in [-0.1, -0.05) is 62.4 Å². The molecule has 3 rings (SSSR count). The van der Waals surface area contributed by atoms with Crippen LogP contribution in [0.4, 0.5) is 0 Å². The van der Waals surface area contributed by atoms with Crippen LogP contribution in [0.15, 0.2) is 24.3 Å². The molecule has 116 valence electrons. The molecule has 0 heterocycles. The van der Waals surface area contributed by atoms with Crippen molar-refractivity contribution in [2.24, 2.45) is 17.8 Å². The molecule has 1 N–H and O–H groups in total. The van der Waals surface area contributed by atoms with Crippen LogP contribution in [-0.4, -0.2) is 6.54 Å². The first-order valence-corrected chi connectivity index (χ1v) is 9.02. The van der Waals surface area contributed by atoms with E-state index in [0.717, 1.165) is 17.8 Å². The van der Waals surface area contributed by atoms with Gasteiger partial charge in [0.05, 0.1) is 0 Å². The fraction of sp³-hybridized carbons (Fsp3) is 0.700. The number of hydrogen-bond donors (Lipinski definition) is 1. The lowest BCUT2D eigenvalue weighted by molar-refractivity contribution is 0.271. The van der Waals surface area contributed by atoms with Crippen LogP contribution >= 0.6 is 0 Å². The molecule has 1 nitrogen and oxygen atoms in total. The van der Waals surface area contributed by atoms with E-state index in [9.17, 15) is 0 Å². The largest absolute Gasteiger partial charge is 0.310 e. The third kappa shape index (κ3) is 4.32. The molecule has 0 radical (unpaired) electrons. The molecule has 0 aliphatic heterocycles. The van der Waals surface area contributed by atoms with Crippen molar-refractivity contribution in [3.05, 3.63) is 35.4 Å². The lowest BCUT2D eigenvalue weighted by Crippen LogP contribution is -2.26. The molecule has 2 aliphatic carbocycles. The molecule has 1 unspecified atom stereocenters. The Kier molecular flexibility index (Phi) is 5.00. The van der Waals surface area contributed by atoms with Crippen molar-refractivity contribution in [2.75, 3.05) is 6.54 Å². The molecule has 21 heavy (non-hydrogen) atoms. The fourth-order valence-corrected chi connectivity index (χ4v) is 3.82. The Bertz CT molecular complexity index is 424. The van der Waals surface area contributed by atoms with Gasteiger partial charge in [-0.2, -0.15) is 0 Å². The summed E-state index contributed by atoms with van der Waals surface area (Å²) in [4.78, 5) is 0. The summed E-state index contributed by atoms with van der Waals surface area (Å²) in [7, 11) is 0. The van der Waals surface area contributed by atoms with Crippen molar-refractivity contribution >= 4 is 0 Å². The van der Waals surface area contributed by atoms with Gasteiger partial charge in [-0.25, -0.2) is 0 Å². The second kappa shape index (κ2) is 6.96. The van der Waals surface area contributed by atoms with Gasteiger partial charge in [0.1, 0.15) is 0 Å². The van der Waals surface area contributed by atoms with Crippen molar-refractivity contribution in [2.45, 2.75) is 64.8 Å². The number of rotatable bonds is 6. The maximum atomic E-state index is 3.88. The summed E-state index contributed by atoms with van der Waals surface area (Å²) in [5, 5.41) is 3.88. The van der Waals surface area contributed by atoms with Gasteiger partial charge < -0.3 is 5.32 Å². The number of aryl methyl sites for hydroxylation is 1. The highest BCUT2D eigenvalue weighted by Crippen LogP contribution is 2.41. The molecule has 0 saturated heterocycles. The monoisotopic (exact) mass is 285 g/mol. The Balaban J connectivity index is 1.48. The summed E-state index contributed by atoms with van der Waals surface area (Å²) in [5.41, 5.74) is 2.87. The molecular weight excluding hydrogens is 254 g/mol. The van der Waals surface area contributed by atoms with E-state index in [-0.39, 0.29) is 0 Å². The zero-order chi connectivity index (χ0) is 14.7. The first-order chi connectivity index (χ1) is 10.2. The van der Waals surface area contributed by atoms with Crippen LogP contribution in [0.1, 0.15) is 69.0 Å². The second-order valence-electron chi connectivity index (χ2n) is 7.59. The van der Waals surface area contributed by atoms with E-state index in [1.54, 1.807) is 0 Å². The van der Waals surface area contributed by atoms with Gasteiger partial charge in [0.25, 0.3) is 0 Å². The minimum absolute atomic E-state index is 0.605. The second-order valence-corrected chi connectivity index (χ2v) is 7.59. The van der Waals surface area contributed by atoms with E-state index in [4.69, 9.17) is 0 Å². The molecule has 0 amide bonds. The molecule has 1 heteroatoms. The molecule has 0 bridgehead atoms. The van der Waals surface area contributed by atoms with Gasteiger partial charge in [0, 0.05) is 6.04 Å². The van der Waals surface area contributed by atoms with Crippen LogP contribution in [0.2, 0.25) is 0 Å². The molecular formula is C20H31N. The molecule has 1 aromatic rings. The minimum atomic E-state index is 0.605. The van der Waals surface area contributed by atoms with E-state index in [0.29, 0.717) is 6.04 Å². The van der Waals surface area contributed by atoms with E-state index in [1.807, 2.05) is 0 Å². The molecule has 1 atom stereocenters. The van der Waals surface area contributed by atoms with Crippen molar-refractivity contribution in [1.82, 2.24) is 5.32 Å². The SMILES string of the molecule is Cc1ccc(C(NCCC2CCC(C)CC2)C2CC2)cc1. The Hall–Kier alpha value is -0.820. The maximum absolute atomic E-state index is 3.88. The standard InChI is InChI=1S/C20H31N/c1-15-3-7-17(8-4-15)13-14-21-20(19-11-12-19)18-9-5-16(2)6-10-18/h5-6,9-10,15,17,19-21H,3-4,7-8,11-14H2,1-2H3. The highest BCUT2D eigenvalue weighted by molar-refractivity contribution is 5.25. The molecule has 0 aromatic heterocycles. The van der Waals surface area contributed by atoms with E-state index in [2.05, 4.69) is 43.4 Å². The van der Waals surface area contributed by atoms with Gasteiger partial charge in [-0.3, -0.25) is 0 Å². The van der Waals surface area contributed by atoms with Gasteiger partial charge >= 0.3 is 0 Å². The predicted octanol–water partition coefficient (Wildman–Crippen LogP) is 5.25. The van der Waals surface area contributed by atoms with Crippen LogP contribution in [0, 0.1) is 24.7 Å². The van der Waals surface area contributed by atoms with Gasteiger partial charge in [-0.15, -0.1) is 0 Å². The third-order valence-corrected chi connectivity index (χ3v) is 5.58. The molecule has 2 fully saturated rings. The van der Waals surface area contributed by atoms with Crippen LogP contribution in [-0.2, 0) is 0 Å². The molecule has 2 saturated carbocycles. The van der Waals surface area contributed by atoms with Crippen molar-refractivity contribution in [3.63, 3.8) is 0 Å². The predicted molar refractivity (Wildman–Crippen MR) is 90.4 cm³/mol. The Morgan fingerprint density at radius 3 is 2.29 bits per heavy atom. The lowest BCUT2D eigenvalue weighted by atomic mass is 9.81. The first-order valence-electron chi connectivity index (χ1n) is 9.02. The lowest BCUT2D eigenvalue weighted by Gasteiger charge is -2.27. The summed E-state index contributed by atoms with van der Waals surface area (Å²) in [6.07, 6.45) is 10.0. The summed E-state index contributed by atoms with van der Waals surface area (Å²) in [6, 6.07) is 9.78. The van der Waals surface area contributed by atoms with E-state index in [1.165, 1.54) is 62.6 Å². The van der Waals surface area contributed by atoms with Gasteiger partial charge in [0.15, 0.2) is 0 Å². The number of benzene rings is 1. The topological polar surface area (TPSA) is 12.0 Å². The Morgan fingerprint density at radius 1 is 1.00 bits per heavy atom. The third-order valence-electron chi connectivity index (χ3n) is 5.58. The van der Waals surface area contributed by atoms with Crippen LogP contribution in [0.25, 0.3) is 0 Å². The van der Waals surface area contributed by atoms with Crippen molar-refractivity contribution < 1.29 is 0 Å². The summed E-state index contributed by atoms with van der Waals surface area (Å²) < 4.78 is 0. The fourth-order valence-electron chi connectivity index (χ4n) is 3.82. The van der Waals surface area contributed by atoms with Crippen LogP contribution < -0.4 is 5.32 Å². The zero-order valence-corrected chi connectivity index (χ0v) is 13.8. The van der Waals surface area contributed by atoms with Crippen LogP contribution in [0.3, 0.4) is 0 Å². The average Bonchev–Trinajstić information content (AvgIpc) is 3.31. The van der Waals surface area contributed by atoms with Gasteiger partial charge in [-0.05, 0) is 56.0 Å². The van der Waals surface area contributed by atoms with E-state index >= 15 is 0 Å². The van der Waals surface area contributed by atoms with Crippen molar-refractivity contribution in [3.8, 4) is 0 Å². The normalized spacial score (nSPS) is 27.5. The first kappa shape index (κ1) is 15.1. The molecule has 0 spiro atoms. The maximum Gasteiger partial charge on any atom is 0.0348 e. The summed E-state index contributed by atoms with van der Waals surface area (Å²) in [6.45, 7) is 5.79. The summed E-state index contributed by atoms with van der Waals surface area (Å²) >= 11 is 0. The highest BCUT2D eigenvalue weighted by Gasteiger charge is 2.32. The smallest absolute Gasteiger partial charge is 0.0348 e. The van der Waals surface area contributed by atoms with E-state index < -0.39 is 0 Å². The van der Waals surface area contributed by atoms with Crippen LogP contribution in [0.5, 0.6) is 0 Å². The number of nitrogens with one attached hydrogen (secondary N) is 1. The summed E-state index contributed by atoms with van der Waals surface area (Å²) in [5.74, 6) is 2.84. The minimum Gasteiger partial charge on any atom is -0.310 e. The number of hydrogen-bond acceptors (Lipinski definition) is 1. The molecule has 1 aromatic carbocycles. The Morgan fingerprint density at radius 2 is 1.67 bits per heavy atom. The average molecular weight is 285 g/mol. The molecule has 2 aliphatic rings. The highest BCUT2D eigenvalue weighted by atomic mass is 14.9. The quantitative estimate of drug-likeness (QED) is 0.752. The van der Waals surface area contributed by atoms with Crippen molar-refractivity contribution in [1.29, 1.82) is 0 Å². The Labute approximate surface area is 130 Å². The van der Waals surface area contributed by atoms with Gasteiger partial charge in [0.2, 0.25) is 0 Å². The zero-order valence-electron chi connectivity index (χ0n) is 13.8.